The number of hydrogen-bond acceptors (Lipinski definition) is 8. The summed E-state index contributed by atoms with van der Waals surface area (Å²) >= 11 is 0. The minimum atomic E-state index is 0.222. The maximum Gasteiger partial charge on any atom is 0.373 e. The second-order valence-corrected chi connectivity index (χ2v) is 8.63. The first kappa shape index (κ1) is 27.3. The number of hydrogen-bond donors (Lipinski definition) is 2. The van der Waals surface area contributed by atoms with Gasteiger partial charge in [-0.2, -0.15) is 14.7 Å². The second-order valence-electron chi connectivity index (χ2n) is 8.63. The minimum Gasteiger partial charge on any atom is -0.489 e. The molecule has 192 valence electrons. The number of aromatic nitrogens is 4. The smallest absolute Gasteiger partial charge is 0.373 e. The third-order valence-electron chi connectivity index (χ3n) is 5.85. The van der Waals surface area contributed by atoms with E-state index in [1.807, 2.05) is 22.9 Å². The summed E-state index contributed by atoms with van der Waals surface area (Å²) in [6.45, 7) is 8.17. The summed E-state index contributed by atoms with van der Waals surface area (Å²) in [7, 11) is 0. The van der Waals surface area contributed by atoms with E-state index in [0.717, 1.165) is 40.2 Å². The van der Waals surface area contributed by atoms with Crippen LogP contribution in [0.2, 0.25) is 0 Å². The molecule has 0 aliphatic heterocycles. The van der Waals surface area contributed by atoms with Gasteiger partial charge in [0.05, 0.1) is 12.2 Å². The van der Waals surface area contributed by atoms with E-state index in [-0.39, 0.29) is 12.1 Å². The maximum atomic E-state index is 8.12. The lowest BCUT2D eigenvalue weighted by molar-refractivity contribution is -0.191. The molecule has 4 rings (SSSR count). The van der Waals surface area contributed by atoms with Crippen LogP contribution in [-0.4, -0.2) is 32.4 Å². The minimum absolute atomic E-state index is 0.222. The number of carbonyl (C=O) groups excluding carboxylic acids is 2. The summed E-state index contributed by atoms with van der Waals surface area (Å²) in [4.78, 5) is 24.7. The molecule has 0 amide bonds. The molecular formula is C28H32N6O3. The van der Waals surface area contributed by atoms with E-state index >= 15 is 0 Å². The molecule has 2 aromatic heterocycles. The van der Waals surface area contributed by atoms with Crippen molar-refractivity contribution in [2.24, 2.45) is 5.73 Å². The van der Waals surface area contributed by atoms with Gasteiger partial charge in [-0.05, 0) is 47.2 Å². The zero-order chi connectivity index (χ0) is 26.8. The Hall–Kier alpha value is -4.33. The topological polar surface area (TPSA) is 139 Å². The molecule has 0 aliphatic rings. The molecule has 4 aromatic rings. The Morgan fingerprint density at radius 1 is 1.03 bits per heavy atom. The molecule has 0 bridgehead atoms. The summed E-state index contributed by atoms with van der Waals surface area (Å²) in [6.07, 6.45) is 2.72. The predicted octanol–water partition coefficient (Wildman–Crippen LogP) is 4.23. The molecule has 2 heterocycles. The second kappa shape index (κ2) is 13.1. The largest absolute Gasteiger partial charge is 0.489 e. The summed E-state index contributed by atoms with van der Waals surface area (Å²) in [5, 5.41) is 4.84. The van der Waals surface area contributed by atoms with Crippen LogP contribution in [0.25, 0.3) is 22.5 Å². The molecule has 9 nitrogen and oxygen atoms in total. The molecule has 0 spiro atoms. The lowest BCUT2D eigenvalue weighted by atomic mass is 10.00. The van der Waals surface area contributed by atoms with Gasteiger partial charge in [0.25, 0.3) is 0 Å². The van der Waals surface area contributed by atoms with Crippen LogP contribution in [-0.2, 0) is 29.2 Å². The molecule has 4 N–H and O–H groups in total. The van der Waals surface area contributed by atoms with Crippen molar-refractivity contribution in [2.45, 2.75) is 46.3 Å². The highest BCUT2D eigenvalue weighted by atomic mass is 16.5. The fourth-order valence-electron chi connectivity index (χ4n) is 4.03. The molecule has 0 atom stereocenters. The van der Waals surface area contributed by atoms with Crippen molar-refractivity contribution in [3.8, 4) is 28.3 Å². The average Bonchev–Trinajstić information content (AvgIpc) is 3.27. The monoisotopic (exact) mass is 500 g/mol. The Bertz CT molecular complexity index is 1330. The van der Waals surface area contributed by atoms with Crippen molar-refractivity contribution < 1.29 is 14.3 Å². The maximum absolute atomic E-state index is 8.12. The molecular weight excluding hydrogens is 468 g/mol. The molecule has 0 fully saturated rings. The van der Waals surface area contributed by atoms with Gasteiger partial charge in [0.15, 0.2) is 0 Å². The normalized spacial score (nSPS) is 10.5. The standard InChI is InChI=1S/C27H32N6O.CO2/c1-4-24-25(26(32-33(24)16-14-28)23-13-15-30-27(29)31-23)21-9-11-22(12-10-21)34-17-19-5-7-20(8-6-19)18(2)3;2-1-3/h5-13,15,18H,4,14,16-17,28H2,1-3H3,(H2,29,30,31);. The number of ether oxygens (including phenoxy) is 1. The summed E-state index contributed by atoms with van der Waals surface area (Å²) in [5.74, 6) is 1.56. The Morgan fingerprint density at radius 2 is 1.70 bits per heavy atom. The molecule has 0 saturated heterocycles. The first-order valence-corrected chi connectivity index (χ1v) is 12.1. The Kier molecular flexibility index (Phi) is 9.66. The van der Waals surface area contributed by atoms with Crippen LogP contribution in [0.4, 0.5) is 5.95 Å². The quantitative estimate of drug-likeness (QED) is 0.348. The van der Waals surface area contributed by atoms with Gasteiger partial charge >= 0.3 is 6.15 Å². The van der Waals surface area contributed by atoms with E-state index < -0.39 is 0 Å². The lowest BCUT2D eigenvalue weighted by Gasteiger charge is -2.11. The average molecular weight is 501 g/mol. The van der Waals surface area contributed by atoms with Crippen molar-refractivity contribution in [3.63, 3.8) is 0 Å². The van der Waals surface area contributed by atoms with Crippen molar-refractivity contribution in [1.29, 1.82) is 0 Å². The van der Waals surface area contributed by atoms with E-state index in [2.05, 4.69) is 67.1 Å². The summed E-state index contributed by atoms with van der Waals surface area (Å²) in [5.41, 5.74) is 18.8. The van der Waals surface area contributed by atoms with Crippen molar-refractivity contribution in [3.05, 3.63) is 77.6 Å². The molecule has 0 unspecified atom stereocenters. The van der Waals surface area contributed by atoms with Crippen molar-refractivity contribution >= 4 is 12.1 Å². The number of nitrogen functional groups attached to an aromatic ring is 1. The zero-order valence-corrected chi connectivity index (χ0v) is 21.3. The number of anilines is 1. The molecule has 2 aromatic carbocycles. The van der Waals surface area contributed by atoms with E-state index in [0.29, 0.717) is 31.3 Å². The van der Waals surface area contributed by atoms with E-state index in [1.165, 1.54) is 5.56 Å². The van der Waals surface area contributed by atoms with Crippen LogP contribution in [0.5, 0.6) is 5.75 Å². The highest BCUT2D eigenvalue weighted by Gasteiger charge is 2.20. The third-order valence-corrected chi connectivity index (χ3v) is 5.85. The van der Waals surface area contributed by atoms with E-state index in [4.69, 9.17) is 30.9 Å². The number of nitrogens with two attached hydrogens (primary N) is 2. The summed E-state index contributed by atoms with van der Waals surface area (Å²) < 4.78 is 8.01. The zero-order valence-electron chi connectivity index (χ0n) is 21.3. The Balaban J connectivity index is 0.00000121. The predicted molar refractivity (Wildman–Crippen MR) is 141 cm³/mol. The Morgan fingerprint density at radius 3 is 2.27 bits per heavy atom. The van der Waals surface area contributed by atoms with Gasteiger partial charge in [0, 0.05) is 24.0 Å². The van der Waals surface area contributed by atoms with Gasteiger partial charge < -0.3 is 16.2 Å². The van der Waals surface area contributed by atoms with Gasteiger partial charge in [-0.25, -0.2) is 9.97 Å². The van der Waals surface area contributed by atoms with Crippen molar-refractivity contribution in [1.82, 2.24) is 19.7 Å². The SMILES string of the molecule is CCc1c(-c2ccc(OCc3ccc(C(C)C)cc3)cc2)c(-c2ccnc(N)n2)nn1CCN.O=C=O. The fraction of sp³-hybridized carbons (Fsp3) is 0.286. The molecule has 0 saturated carbocycles. The third kappa shape index (κ3) is 6.88. The highest BCUT2D eigenvalue weighted by Crippen LogP contribution is 2.35. The van der Waals surface area contributed by atoms with Crippen LogP contribution in [0.1, 0.15) is 43.5 Å². The Labute approximate surface area is 216 Å². The fourth-order valence-corrected chi connectivity index (χ4v) is 4.03. The van der Waals surface area contributed by atoms with E-state index in [9.17, 15) is 0 Å². The first-order chi connectivity index (χ1) is 17.9. The van der Waals surface area contributed by atoms with Crippen LogP contribution in [0.15, 0.2) is 60.8 Å². The number of nitrogens with zero attached hydrogens (tertiary/aromatic N) is 4. The van der Waals surface area contributed by atoms with Crippen LogP contribution < -0.4 is 16.2 Å². The van der Waals surface area contributed by atoms with Gasteiger partial charge in [-0.1, -0.05) is 57.2 Å². The first-order valence-electron chi connectivity index (χ1n) is 12.1. The van der Waals surface area contributed by atoms with Gasteiger partial charge in [0.1, 0.15) is 18.1 Å². The highest BCUT2D eigenvalue weighted by molar-refractivity contribution is 5.81. The van der Waals surface area contributed by atoms with Crippen LogP contribution in [0.3, 0.4) is 0 Å². The number of benzene rings is 2. The van der Waals surface area contributed by atoms with Gasteiger partial charge in [-0.3, -0.25) is 4.68 Å². The molecule has 0 aliphatic carbocycles. The van der Waals surface area contributed by atoms with Gasteiger partial charge in [0.2, 0.25) is 5.95 Å². The summed E-state index contributed by atoms with van der Waals surface area (Å²) in [6, 6.07) is 18.5. The molecule has 0 radical (unpaired) electrons. The van der Waals surface area contributed by atoms with Crippen LogP contribution in [0, 0.1) is 0 Å². The molecule has 37 heavy (non-hydrogen) atoms. The van der Waals surface area contributed by atoms with Crippen molar-refractivity contribution in [2.75, 3.05) is 12.3 Å². The van der Waals surface area contributed by atoms with Gasteiger partial charge in [-0.15, -0.1) is 0 Å². The lowest BCUT2D eigenvalue weighted by Crippen LogP contribution is -2.13. The van der Waals surface area contributed by atoms with E-state index in [1.54, 1.807) is 6.20 Å². The van der Waals surface area contributed by atoms with Crippen LogP contribution >= 0.6 is 0 Å². The number of rotatable bonds is 9. The molecule has 9 heteroatoms.